The van der Waals surface area contributed by atoms with Crippen LogP contribution in [0.1, 0.15) is 19.8 Å². The molecule has 0 aliphatic carbocycles. The van der Waals surface area contributed by atoms with Gasteiger partial charge < -0.3 is 10.1 Å². The van der Waals surface area contributed by atoms with E-state index in [1.807, 2.05) is 0 Å². The highest BCUT2D eigenvalue weighted by molar-refractivity contribution is 5.93. The third-order valence-electron chi connectivity index (χ3n) is 2.09. The van der Waals surface area contributed by atoms with Crippen LogP contribution in [0.15, 0.2) is 24.6 Å². The summed E-state index contributed by atoms with van der Waals surface area (Å²) in [5.41, 5.74) is 0. The average Bonchev–Trinajstić information content (AvgIpc) is 2.70. The van der Waals surface area contributed by atoms with E-state index in [-0.39, 0.29) is 11.7 Å². The van der Waals surface area contributed by atoms with E-state index in [4.69, 9.17) is 4.74 Å². The molecule has 1 aliphatic heterocycles. The molecule has 0 spiro atoms. The van der Waals surface area contributed by atoms with Gasteiger partial charge in [-0.05, 0) is 24.8 Å². The van der Waals surface area contributed by atoms with Crippen LogP contribution in [0.2, 0.25) is 0 Å². The molecule has 1 aliphatic rings. The molecule has 1 rings (SSSR count). The zero-order valence-electron chi connectivity index (χ0n) is 8.53. The van der Waals surface area contributed by atoms with Crippen LogP contribution in [-0.4, -0.2) is 18.9 Å². The van der Waals surface area contributed by atoms with Gasteiger partial charge in [0.25, 0.3) is 0 Å². The smallest absolute Gasteiger partial charge is 0.167 e. The van der Waals surface area contributed by atoms with Crippen molar-refractivity contribution in [1.82, 2.24) is 5.32 Å². The Morgan fingerprint density at radius 2 is 2.57 bits per heavy atom. The summed E-state index contributed by atoms with van der Waals surface area (Å²) in [6.07, 6.45) is 8.97. The second-order valence-corrected chi connectivity index (χ2v) is 3.31. The number of hydrogen-bond donors (Lipinski definition) is 1. The Morgan fingerprint density at radius 1 is 1.71 bits per heavy atom. The van der Waals surface area contributed by atoms with Crippen molar-refractivity contribution in [2.75, 3.05) is 13.2 Å². The van der Waals surface area contributed by atoms with Crippen LogP contribution >= 0.6 is 0 Å². The molecule has 1 heterocycles. The minimum atomic E-state index is -0.0841. The van der Waals surface area contributed by atoms with E-state index in [9.17, 15) is 4.79 Å². The van der Waals surface area contributed by atoms with Crippen LogP contribution in [0.25, 0.3) is 0 Å². The van der Waals surface area contributed by atoms with Crippen LogP contribution in [0.5, 0.6) is 0 Å². The van der Waals surface area contributed by atoms with Gasteiger partial charge in [-0.3, -0.25) is 4.79 Å². The van der Waals surface area contributed by atoms with Gasteiger partial charge in [0.15, 0.2) is 5.78 Å². The first-order chi connectivity index (χ1) is 6.84. The Labute approximate surface area is 84.8 Å². The number of carbonyl (C=O) groups is 1. The summed E-state index contributed by atoms with van der Waals surface area (Å²) in [5.74, 6) is 0.0157. The number of hydrogen-bond acceptors (Lipinski definition) is 3. The second kappa shape index (κ2) is 6.24. The number of ketones is 1. The normalized spacial score (nSPS) is 19.9. The molecule has 14 heavy (non-hydrogen) atoms. The van der Waals surface area contributed by atoms with Gasteiger partial charge in [0, 0.05) is 6.54 Å². The Morgan fingerprint density at radius 3 is 3.21 bits per heavy atom. The van der Waals surface area contributed by atoms with Crippen molar-refractivity contribution in [1.29, 1.82) is 0 Å². The molecule has 1 unspecified atom stereocenters. The summed E-state index contributed by atoms with van der Waals surface area (Å²) >= 11 is 0. The van der Waals surface area contributed by atoms with Gasteiger partial charge in [0.1, 0.15) is 6.61 Å². The maximum atomic E-state index is 11.4. The fourth-order valence-electron chi connectivity index (χ4n) is 1.17. The largest absolute Gasteiger partial charge is 0.500 e. The molecule has 0 aromatic carbocycles. The van der Waals surface area contributed by atoms with E-state index < -0.39 is 0 Å². The highest BCUT2D eigenvalue weighted by Gasteiger charge is 2.16. The Kier molecular flexibility index (Phi) is 4.83. The Hall–Kier alpha value is -1.25. The molecule has 1 N–H and O–H groups in total. The maximum absolute atomic E-state index is 11.4. The molecular formula is C11H17NO2. The first-order valence-corrected chi connectivity index (χ1v) is 5.06. The standard InChI is InChI=1S/C11H17NO2/c1-2-3-6-12-7-4-11(13)10-5-8-14-9-10/h4-5,7-8,10,12H,2-3,6,9H2,1H3/b7-4-. The average molecular weight is 195 g/mol. The van der Waals surface area contributed by atoms with Gasteiger partial charge in [-0.2, -0.15) is 0 Å². The summed E-state index contributed by atoms with van der Waals surface area (Å²) < 4.78 is 4.97. The van der Waals surface area contributed by atoms with Gasteiger partial charge in [-0.15, -0.1) is 0 Å². The zero-order valence-corrected chi connectivity index (χ0v) is 8.53. The summed E-state index contributed by atoms with van der Waals surface area (Å²) in [4.78, 5) is 11.4. The lowest BCUT2D eigenvalue weighted by Gasteiger charge is -2.01. The number of allylic oxidation sites excluding steroid dienone is 1. The molecule has 0 aromatic rings. The van der Waals surface area contributed by atoms with Crippen LogP contribution in [0.4, 0.5) is 0 Å². The van der Waals surface area contributed by atoms with E-state index in [0.29, 0.717) is 6.61 Å². The van der Waals surface area contributed by atoms with Crippen LogP contribution < -0.4 is 5.32 Å². The third kappa shape index (κ3) is 3.64. The van der Waals surface area contributed by atoms with E-state index in [0.717, 1.165) is 19.4 Å². The molecule has 0 amide bonds. The topological polar surface area (TPSA) is 38.3 Å². The predicted octanol–water partition coefficient (Wildman–Crippen LogP) is 1.62. The SMILES string of the molecule is CCCCN/C=C\C(=O)C1C=COC1. The van der Waals surface area contributed by atoms with Crippen molar-refractivity contribution in [3.05, 3.63) is 24.6 Å². The third-order valence-corrected chi connectivity index (χ3v) is 2.09. The molecule has 78 valence electrons. The summed E-state index contributed by atoms with van der Waals surface area (Å²) in [6.45, 7) is 3.55. The second-order valence-electron chi connectivity index (χ2n) is 3.31. The van der Waals surface area contributed by atoms with Crippen molar-refractivity contribution < 1.29 is 9.53 Å². The van der Waals surface area contributed by atoms with Gasteiger partial charge in [-0.25, -0.2) is 0 Å². The molecule has 1 atom stereocenters. The summed E-state index contributed by atoms with van der Waals surface area (Å²) in [6, 6.07) is 0. The lowest BCUT2D eigenvalue weighted by Crippen LogP contribution is -2.13. The zero-order chi connectivity index (χ0) is 10.2. The minimum absolute atomic E-state index is 0.0841. The molecule has 0 fully saturated rings. The molecule has 0 aromatic heterocycles. The first kappa shape index (κ1) is 10.8. The number of ether oxygens (including phenoxy) is 1. The number of unbranched alkanes of at least 4 members (excludes halogenated alkanes) is 1. The van der Waals surface area contributed by atoms with Crippen LogP contribution in [-0.2, 0) is 9.53 Å². The molecule has 0 radical (unpaired) electrons. The number of carbonyl (C=O) groups excluding carboxylic acids is 1. The van der Waals surface area contributed by atoms with Crippen LogP contribution in [0.3, 0.4) is 0 Å². The van der Waals surface area contributed by atoms with Gasteiger partial charge in [0.05, 0.1) is 12.2 Å². The van der Waals surface area contributed by atoms with E-state index >= 15 is 0 Å². The quantitative estimate of drug-likeness (QED) is 0.517. The van der Waals surface area contributed by atoms with E-state index in [2.05, 4.69) is 12.2 Å². The Bertz CT molecular complexity index is 233. The van der Waals surface area contributed by atoms with Crippen molar-refractivity contribution in [3.8, 4) is 0 Å². The lowest BCUT2D eigenvalue weighted by atomic mass is 10.1. The van der Waals surface area contributed by atoms with Crippen molar-refractivity contribution in [3.63, 3.8) is 0 Å². The molecular weight excluding hydrogens is 178 g/mol. The summed E-state index contributed by atoms with van der Waals surface area (Å²) in [7, 11) is 0. The van der Waals surface area contributed by atoms with Crippen molar-refractivity contribution >= 4 is 5.78 Å². The Balaban J connectivity index is 2.15. The lowest BCUT2D eigenvalue weighted by molar-refractivity contribution is -0.117. The monoisotopic (exact) mass is 195 g/mol. The van der Waals surface area contributed by atoms with E-state index in [1.165, 1.54) is 0 Å². The number of nitrogens with one attached hydrogen (secondary N) is 1. The molecule has 3 nitrogen and oxygen atoms in total. The fraction of sp³-hybridized carbons (Fsp3) is 0.545. The minimum Gasteiger partial charge on any atom is -0.500 e. The molecule has 0 saturated heterocycles. The molecule has 0 bridgehead atoms. The van der Waals surface area contributed by atoms with Crippen molar-refractivity contribution in [2.24, 2.45) is 5.92 Å². The van der Waals surface area contributed by atoms with Crippen molar-refractivity contribution in [2.45, 2.75) is 19.8 Å². The van der Waals surface area contributed by atoms with Gasteiger partial charge >= 0.3 is 0 Å². The highest BCUT2D eigenvalue weighted by Crippen LogP contribution is 2.09. The summed E-state index contributed by atoms with van der Waals surface area (Å²) in [5, 5.41) is 3.07. The highest BCUT2D eigenvalue weighted by atomic mass is 16.5. The molecule has 3 heteroatoms. The molecule has 0 saturated carbocycles. The number of rotatable bonds is 6. The fourth-order valence-corrected chi connectivity index (χ4v) is 1.17. The van der Waals surface area contributed by atoms with Gasteiger partial charge in [0.2, 0.25) is 0 Å². The predicted molar refractivity (Wildman–Crippen MR) is 55.6 cm³/mol. The van der Waals surface area contributed by atoms with Crippen LogP contribution in [0, 0.1) is 5.92 Å². The van der Waals surface area contributed by atoms with Gasteiger partial charge in [-0.1, -0.05) is 13.3 Å². The van der Waals surface area contributed by atoms with E-state index in [1.54, 1.807) is 24.6 Å². The maximum Gasteiger partial charge on any atom is 0.167 e. The first-order valence-electron chi connectivity index (χ1n) is 5.06.